The van der Waals surface area contributed by atoms with Crippen molar-refractivity contribution in [2.75, 3.05) is 0 Å². The fraction of sp³-hybridized carbons (Fsp3) is 0.120. The summed E-state index contributed by atoms with van der Waals surface area (Å²) in [6.45, 7) is 4.26. The van der Waals surface area contributed by atoms with Crippen LogP contribution in [0.15, 0.2) is 78.9 Å². The van der Waals surface area contributed by atoms with Crippen LogP contribution in [0.2, 0.25) is 0 Å². The van der Waals surface area contributed by atoms with Crippen LogP contribution in [0, 0.1) is 6.92 Å². The molecule has 0 saturated carbocycles. The highest BCUT2D eigenvalue weighted by atomic mass is 16.4. The number of fused-ring (bicyclic) bond motifs is 1. The van der Waals surface area contributed by atoms with Crippen LogP contribution in [0.4, 0.5) is 0 Å². The minimum atomic E-state index is -0.962. The number of benzene rings is 3. The summed E-state index contributed by atoms with van der Waals surface area (Å²) < 4.78 is 2.25. The van der Waals surface area contributed by atoms with E-state index in [-0.39, 0.29) is 6.04 Å². The van der Waals surface area contributed by atoms with Crippen LogP contribution >= 0.6 is 0 Å². The largest absolute Gasteiger partial charge is 0.478 e. The van der Waals surface area contributed by atoms with Crippen LogP contribution in [-0.2, 0) is 4.79 Å². The van der Waals surface area contributed by atoms with E-state index in [1.807, 2.05) is 42.5 Å². The van der Waals surface area contributed by atoms with Crippen LogP contribution in [0.5, 0.6) is 0 Å². The molecule has 4 heteroatoms. The molecule has 4 aromatic rings. The second kappa shape index (κ2) is 7.76. The Morgan fingerprint density at radius 2 is 1.79 bits per heavy atom. The highest BCUT2D eigenvalue weighted by Crippen LogP contribution is 2.32. The number of rotatable bonds is 5. The van der Waals surface area contributed by atoms with E-state index in [1.54, 1.807) is 6.08 Å². The topological polar surface area (TPSA) is 55.1 Å². The zero-order valence-corrected chi connectivity index (χ0v) is 16.4. The monoisotopic (exact) mass is 382 g/mol. The third kappa shape index (κ3) is 3.83. The van der Waals surface area contributed by atoms with E-state index in [9.17, 15) is 4.79 Å². The molecule has 29 heavy (non-hydrogen) atoms. The minimum absolute atomic E-state index is 0.0937. The summed E-state index contributed by atoms with van der Waals surface area (Å²) in [6, 6.07) is 24.6. The van der Waals surface area contributed by atoms with Gasteiger partial charge in [-0.25, -0.2) is 9.78 Å². The normalized spacial score (nSPS) is 12.5. The first kappa shape index (κ1) is 18.7. The van der Waals surface area contributed by atoms with Crippen molar-refractivity contribution in [3.05, 3.63) is 95.6 Å². The van der Waals surface area contributed by atoms with Gasteiger partial charge in [-0.05, 0) is 49.2 Å². The van der Waals surface area contributed by atoms with Gasteiger partial charge in [0.15, 0.2) is 0 Å². The van der Waals surface area contributed by atoms with Crippen molar-refractivity contribution in [1.29, 1.82) is 0 Å². The Morgan fingerprint density at radius 1 is 1.03 bits per heavy atom. The van der Waals surface area contributed by atoms with E-state index in [2.05, 4.69) is 48.7 Å². The number of carboxylic acid groups (broad SMARTS) is 1. The summed E-state index contributed by atoms with van der Waals surface area (Å²) in [5.41, 5.74) is 6.23. The summed E-state index contributed by atoms with van der Waals surface area (Å²) >= 11 is 0. The molecule has 1 N–H and O–H groups in total. The predicted molar refractivity (Wildman–Crippen MR) is 117 cm³/mol. The molecule has 0 fully saturated rings. The third-order valence-electron chi connectivity index (χ3n) is 5.11. The number of hydrogen-bond donors (Lipinski definition) is 1. The smallest absolute Gasteiger partial charge is 0.328 e. The highest BCUT2D eigenvalue weighted by Gasteiger charge is 2.18. The fourth-order valence-electron chi connectivity index (χ4n) is 3.58. The van der Waals surface area contributed by atoms with Crippen LogP contribution in [-0.4, -0.2) is 20.6 Å². The first-order valence-electron chi connectivity index (χ1n) is 9.58. The molecule has 1 aromatic heterocycles. The zero-order chi connectivity index (χ0) is 20.4. The number of imidazole rings is 1. The molecule has 1 atom stereocenters. The van der Waals surface area contributed by atoms with Gasteiger partial charge in [-0.1, -0.05) is 60.2 Å². The number of carboxylic acids is 1. The lowest BCUT2D eigenvalue weighted by Gasteiger charge is -2.19. The molecule has 0 bridgehead atoms. The van der Waals surface area contributed by atoms with E-state index >= 15 is 0 Å². The van der Waals surface area contributed by atoms with E-state index in [0.29, 0.717) is 0 Å². The predicted octanol–water partition coefficient (Wildman–Crippen LogP) is 5.72. The average Bonchev–Trinajstić information content (AvgIpc) is 3.12. The van der Waals surface area contributed by atoms with Gasteiger partial charge in [0, 0.05) is 11.6 Å². The van der Waals surface area contributed by atoms with Gasteiger partial charge >= 0.3 is 5.97 Å². The second-order valence-corrected chi connectivity index (χ2v) is 7.18. The lowest BCUT2D eigenvalue weighted by atomic mass is 10.0. The van der Waals surface area contributed by atoms with Gasteiger partial charge in [-0.3, -0.25) is 0 Å². The van der Waals surface area contributed by atoms with Crippen molar-refractivity contribution >= 4 is 23.1 Å². The maximum atomic E-state index is 10.9. The summed E-state index contributed by atoms with van der Waals surface area (Å²) in [5.74, 6) is -0.0968. The first-order chi connectivity index (χ1) is 14.0. The van der Waals surface area contributed by atoms with Gasteiger partial charge in [-0.2, -0.15) is 0 Å². The molecular formula is C25H22N2O2. The molecule has 0 radical (unpaired) electrons. The standard InChI is InChI=1S/C25H22N2O2/c1-17-10-13-20(14-11-17)18(2)27-23-9-4-3-8-22(23)26-25(27)21-7-5-6-19(16-21)12-15-24(28)29/h3-16,18H,1-2H3,(H,28,29)/t18-/m1/s1. The number of carbonyl (C=O) groups is 1. The van der Waals surface area contributed by atoms with Crippen LogP contribution < -0.4 is 0 Å². The number of aliphatic carboxylic acids is 1. The molecule has 0 amide bonds. The van der Waals surface area contributed by atoms with Crippen LogP contribution in [0.1, 0.15) is 29.7 Å². The van der Waals surface area contributed by atoms with Gasteiger partial charge in [0.1, 0.15) is 5.82 Å². The maximum Gasteiger partial charge on any atom is 0.328 e. The third-order valence-corrected chi connectivity index (χ3v) is 5.11. The van der Waals surface area contributed by atoms with Gasteiger partial charge < -0.3 is 9.67 Å². The van der Waals surface area contributed by atoms with E-state index in [1.165, 1.54) is 11.1 Å². The minimum Gasteiger partial charge on any atom is -0.478 e. The number of hydrogen-bond acceptors (Lipinski definition) is 2. The summed E-state index contributed by atoms with van der Waals surface area (Å²) in [7, 11) is 0. The van der Waals surface area contributed by atoms with Gasteiger partial charge in [-0.15, -0.1) is 0 Å². The van der Waals surface area contributed by atoms with Crippen LogP contribution in [0.3, 0.4) is 0 Å². The maximum absolute atomic E-state index is 10.9. The van der Waals surface area contributed by atoms with E-state index < -0.39 is 5.97 Å². The Morgan fingerprint density at radius 3 is 2.55 bits per heavy atom. The Balaban J connectivity index is 1.87. The molecule has 0 aliphatic rings. The Labute approximate surface area is 169 Å². The zero-order valence-electron chi connectivity index (χ0n) is 16.4. The summed E-state index contributed by atoms with van der Waals surface area (Å²) in [5, 5.41) is 8.92. The molecule has 4 rings (SSSR count). The van der Waals surface area contributed by atoms with Gasteiger partial charge in [0.25, 0.3) is 0 Å². The molecular weight excluding hydrogens is 360 g/mol. The van der Waals surface area contributed by atoms with Crippen molar-refractivity contribution in [3.63, 3.8) is 0 Å². The number of aryl methyl sites for hydroxylation is 1. The van der Waals surface area contributed by atoms with Crippen molar-refractivity contribution in [2.24, 2.45) is 0 Å². The number of para-hydroxylation sites is 2. The molecule has 1 heterocycles. The fourth-order valence-corrected chi connectivity index (χ4v) is 3.58. The second-order valence-electron chi connectivity index (χ2n) is 7.18. The summed E-state index contributed by atoms with van der Waals surface area (Å²) in [6.07, 6.45) is 2.75. The SMILES string of the molecule is Cc1ccc([C@@H](C)n2c(-c3cccc(C=CC(=O)O)c3)nc3ccccc32)cc1. The molecule has 0 saturated heterocycles. The quantitative estimate of drug-likeness (QED) is 0.449. The Bertz CT molecular complexity index is 1200. The highest BCUT2D eigenvalue weighted by molar-refractivity contribution is 5.86. The van der Waals surface area contributed by atoms with Crippen molar-refractivity contribution in [3.8, 4) is 11.4 Å². The molecule has 0 aliphatic carbocycles. The lowest BCUT2D eigenvalue weighted by Crippen LogP contribution is -2.08. The molecule has 144 valence electrons. The van der Waals surface area contributed by atoms with Gasteiger partial charge in [0.2, 0.25) is 0 Å². The number of aromatic nitrogens is 2. The Hall–Kier alpha value is -3.66. The molecule has 0 aliphatic heterocycles. The van der Waals surface area contributed by atoms with Crippen molar-refractivity contribution in [1.82, 2.24) is 9.55 Å². The molecule has 0 spiro atoms. The molecule has 3 aromatic carbocycles. The first-order valence-corrected chi connectivity index (χ1v) is 9.58. The molecule has 4 nitrogen and oxygen atoms in total. The van der Waals surface area contributed by atoms with Crippen molar-refractivity contribution < 1.29 is 9.90 Å². The van der Waals surface area contributed by atoms with Crippen LogP contribution in [0.25, 0.3) is 28.5 Å². The molecule has 0 unspecified atom stereocenters. The summed E-state index contributed by atoms with van der Waals surface area (Å²) in [4.78, 5) is 15.8. The van der Waals surface area contributed by atoms with Crippen molar-refractivity contribution in [2.45, 2.75) is 19.9 Å². The number of nitrogens with zero attached hydrogens (tertiary/aromatic N) is 2. The Kier molecular flexibility index (Phi) is 5.00. The van der Waals surface area contributed by atoms with E-state index in [4.69, 9.17) is 10.1 Å². The van der Waals surface area contributed by atoms with E-state index in [0.717, 1.165) is 34.1 Å². The lowest BCUT2D eigenvalue weighted by molar-refractivity contribution is -0.131. The van der Waals surface area contributed by atoms with Gasteiger partial charge in [0.05, 0.1) is 17.1 Å². The average molecular weight is 382 g/mol.